The normalized spacial score (nSPS) is 14.4. The van der Waals surface area contributed by atoms with E-state index in [-0.39, 0.29) is 18.4 Å². The summed E-state index contributed by atoms with van der Waals surface area (Å²) in [6, 6.07) is 14.4. The van der Waals surface area contributed by atoms with Gasteiger partial charge in [0, 0.05) is 5.02 Å². The van der Waals surface area contributed by atoms with Gasteiger partial charge in [-0.05, 0) is 23.8 Å². The Labute approximate surface area is 127 Å². The molecule has 0 atom stereocenters. The minimum Gasteiger partial charge on any atom is -0.343 e. The smallest absolute Gasteiger partial charge is 0.253 e. The summed E-state index contributed by atoms with van der Waals surface area (Å²) in [5.74, 6) is -0.395. The van der Waals surface area contributed by atoms with Crippen molar-refractivity contribution in [1.29, 1.82) is 0 Å². The maximum absolute atomic E-state index is 12.3. The molecule has 5 heteroatoms. The van der Waals surface area contributed by atoms with Crippen LogP contribution >= 0.6 is 11.6 Å². The summed E-state index contributed by atoms with van der Waals surface area (Å²) in [4.78, 5) is 25.9. The molecule has 0 unspecified atom stereocenters. The number of carbonyl (C=O) groups excluding carboxylic acids is 2. The van der Waals surface area contributed by atoms with Crippen LogP contribution in [0.2, 0.25) is 5.02 Å². The lowest BCUT2D eigenvalue weighted by Crippen LogP contribution is -2.36. The standard InChI is InChI=1S/C16H13ClN2O2/c17-13-7-3-1-5-11(13)10-19-14-8-4-2-6-12(14)16(21)18-9-15(19)20/h1-8H,9-10H2,(H,18,21). The van der Waals surface area contributed by atoms with Gasteiger partial charge >= 0.3 is 0 Å². The van der Waals surface area contributed by atoms with Crippen molar-refractivity contribution in [2.24, 2.45) is 0 Å². The van der Waals surface area contributed by atoms with Crippen LogP contribution in [0.1, 0.15) is 15.9 Å². The molecule has 0 spiro atoms. The summed E-state index contributed by atoms with van der Waals surface area (Å²) >= 11 is 6.17. The van der Waals surface area contributed by atoms with Crippen LogP contribution in [0, 0.1) is 0 Å². The highest BCUT2D eigenvalue weighted by Crippen LogP contribution is 2.26. The van der Waals surface area contributed by atoms with Gasteiger partial charge in [0.1, 0.15) is 0 Å². The fraction of sp³-hybridized carbons (Fsp3) is 0.125. The number of nitrogens with zero attached hydrogens (tertiary/aromatic N) is 1. The van der Waals surface area contributed by atoms with Crippen LogP contribution in [-0.4, -0.2) is 18.4 Å². The molecule has 1 N–H and O–H groups in total. The van der Waals surface area contributed by atoms with Crippen molar-refractivity contribution in [3.8, 4) is 0 Å². The number of benzene rings is 2. The first-order chi connectivity index (χ1) is 10.2. The van der Waals surface area contributed by atoms with E-state index in [0.717, 1.165) is 5.56 Å². The molecule has 1 aliphatic heterocycles. The Morgan fingerprint density at radius 2 is 1.76 bits per heavy atom. The SMILES string of the molecule is O=C1NCC(=O)N(Cc2ccccc2Cl)c2ccccc21. The fourth-order valence-corrected chi connectivity index (χ4v) is 2.55. The molecular formula is C16H13ClN2O2. The fourth-order valence-electron chi connectivity index (χ4n) is 2.35. The van der Waals surface area contributed by atoms with E-state index in [4.69, 9.17) is 11.6 Å². The van der Waals surface area contributed by atoms with Crippen LogP contribution < -0.4 is 10.2 Å². The molecule has 0 fully saturated rings. The third kappa shape index (κ3) is 2.62. The Morgan fingerprint density at radius 3 is 2.57 bits per heavy atom. The second-order valence-corrected chi connectivity index (χ2v) is 5.18. The summed E-state index contributed by atoms with van der Waals surface area (Å²) in [6.45, 7) is 0.322. The van der Waals surface area contributed by atoms with Gasteiger partial charge in [0.05, 0.1) is 24.3 Å². The van der Waals surface area contributed by atoms with Crippen LogP contribution in [0.25, 0.3) is 0 Å². The van der Waals surface area contributed by atoms with Crippen molar-refractivity contribution in [2.45, 2.75) is 6.54 Å². The molecule has 0 saturated carbocycles. The Bertz CT molecular complexity index is 715. The minimum absolute atomic E-state index is 0.0159. The van der Waals surface area contributed by atoms with E-state index >= 15 is 0 Å². The van der Waals surface area contributed by atoms with Gasteiger partial charge in [-0.3, -0.25) is 9.59 Å². The number of hydrogen-bond donors (Lipinski definition) is 1. The average molecular weight is 301 g/mol. The highest BCUT2D eigenvalue weighted by molar-refractivity contribution is 6.31. The number of fused-ring (bicyclic) bond motifs is 1. The summed E-state index contributed by atoms with van der Waals surface area (Å²) in [5.41, 5.74) is 1.95. The summed E-state index contributed by atoms with van der Waals surface area (Å²) in [6.07, 6.45) is 0. The van der Waals surface area contributed by atoms with Gasteiger partial charge in [-0.25, -0.2) is 0 Å². The van der Waals surface area contributed by atoms with Crippen LogP contribution in [0.3, 0.4) is 0 Å². The van der Waals surface area contributed by atoms with Gasteiger partial charge < -0.3 is 10.2 Å². The highest BCUT2D eigenvalue weighted by Gasteiger charge is 2.26. The zero-order valence-corrected chi connectivity index (χ0v) is 11.9. The summed E-state index contributed by atoms with van der Waals surface area (Å²) < 4.78 is 0. The predicted octanol–water partition coefficient (Wildman–Crippen LogP) is 2.62. The number of anilines is 1. The molecular weight excluding hydrogens is 288 g/mol. The second kappa shape index (κ2) is 5.58. The zero-order chi connectivity index (χ0) is 14.8. The Morgan fingerprint density at radius 1 is 1.05 bits per heavy atom. The molecule has 0 aromatic heterocycles. The molecule has 2 aromatic rings. The maximum Gasteiger partial charge on any atom is 0.253 e. The Kier molecular flexibility index (Phi) is 3.62. The van der Waals surface area contributed by atoms with E-state index in [0.29, 0.717) is 22.8 Å². The van der Waals surface area contributed by atoms with Gasteiger partial charge in [-0.2, -0.15) is 0 Å². The predicted molar refractivity (Wildman–Crippen MR) is 81.4 cm³/mol. The van der Waals surface area contributed by atoms with E-state index in [9.17, 15) is 9.59 Å². The number of hydrogen-bond acceptors (Lipinski definition) is 2. The molecule has 0 saturated heterocycles. The number of nitrogens with one attached hydrogen (secondary N) is 1. The number of rotatable bonds is 2. The zero-order valence-electron chi connectivity index (χ0n) is 11.2. The van der Waals surface area contributed by atoms with Gasteiger partial charge in [0.25, 0.3) is 5.91 Å². The molecule has 1 heterocycles. The van der Waals surface area contributed by atoms with Crippen molar-refractivity contribution in [3.05, 3.63) is 64.7 Å². The van der Waals surface area contributed by atoms with E-state index in [1.807, 2.05) is 24.3 Å². The lowest BCUT2D eigenvalue weighted by atomic mass is 10.1. The topological polar surface area (TPSA) is 49.4 Å². The van der Waals surface area contributed by atoms with E-state index < -0.39 is 0 Å². The van der Waals surface area contributed by atoms with E-state index in [2.05, 4.69) is 5.32 Å². The average Bonchev–Trinajstić information content (AvgIpc) is 2.62. The molecule has 0 bridgehead atoms. The van der Waals surface area contributed by atoms with E-state index in [1.165, 1.54) is 0 Å². The molecule has 0 radical (unpaired) electrons. The number of carbonyl (C=O) groups is 2. The van der Waals surface area contributed by atoms with Gasteiger partial charge in [0.15, 0.2) is 0 Å². The largest absolute Gasteiger partial charge is 0.343 e. The molecule has 106 valence electrons. The van der Waals surface area contributed by atoms with Crippen LogP contribution in [-0.2, 0) is 11.3 Å². The van der Waals surface area contributed by atoms with E-state index in [1.54, 1.807) is 29.2 Å². The third-order valence-electron chi connectivity index (χ3n) is 3.43. The van der Waals surface area contributed by atoms with Gasteiger partial charge in [-0.1, -0.05) is 41.9 Å². The van der Waals surface area contributed by atoms with Gasteiger partial charge in [0.2, 0.25) is 5.91 Å². The summed E-state index contributed by atoms with van der Waals surface area (Å²) in [5, 5.41) is 3.22. The minimum atomic E-state index is -0.236. The second-order valence-electron chi connectivity index (χ2n) is 4.77. The quantitative estimate of drug-likeness (QED) is 0.927. The lowest BCUT2D eigenvalue weighted by molar-refractivity contribution is -0.117. The summed E-state index contributed by atoms with van der Waals surface area (Å²) in [7, 11) is 0. The van der Waals surface area contributed by atoms with Crippen molar-refractivity contribution < 1.29 is 9.59 Å². The molecule has 2 amide bonds. The first-order valence-corrected chi connectivity index (χ1v) is 6.95. The van der Waals surface area contributed by atoms with Crippen LogP contribution in [0.15, 0.2) is 48.5 Å². The number of halogens is 1. The Hall–Kier alpha value is -2.33. The first-order valence-electron chi connectivity index (χ1n) is 6.58. The highest BCUT2D eigenvalue weighted by atomic mass is 35.5. The Balaban J connectivity index is 2.04. The van der Waals surface area contributed by atoms with Gasteiger partial charge in [-0.15, -0.1) is 0 Å². The van der Waals surface area contributed by atoms with Crippen LogP contribution in [0.4, 0.5) is 5.69 Å². The monoisotopic (exact) mass is 300 g/mol. The molecule has 1 aliphatic rings. The molecule has 2 aromatic carbocycles. The van der Waals surface area contributed by atoms with Crippen molar-refractivity contribution in [1.82, 2.24) is 5.32 Å². The van der Waals surface area contributed by atoms with Crippen LogP contribution in [0.5, 0.6) is 0 Å². The number of amides is 2. The lowest BCUT2D eigenvalue weighted by Gasteiger charge is -2.22. The first kappa shape index (κ1) is 13.6. The maximum atomic E-state index is 12.3. The molecule has 0 aliphatic carbocycles. The molecule has 4 nitrogen and oxygen atoms in total. The third-order valence-corrected chi connectivity index (χ3v) is 3.80. The molecule has 3 rings (SSSR count). The molecule has 21 heavy (non-hydrogen) atoms. The number of para-hydroxylation sites is 1. The van der Waals surface area contributed by atoms with Crippen molar-refractivity contribution in [2.75, 3.05) is 11.4 Å². The van der Waals surface area contributed by atoms with Crippen molar-refractivity contribution in [3.63, 3.8) is 0 Å². The van der Waals surface area contributed by atoms with Crippen molar-refractivity contribution >= 4 is 29.1 Å².